The van der Waals surface area contributed by atoms with Crippen LogP contribution in [0.1, 0.15) is 11.6 Å². The van der Waals surface area contributed by atoms with Gasteiger partial charge in [0.25, 0.3) is 0 Å². The Labute approximate surface area is 97.2 Å². The van der Waals surface area contributed by atoms with E-state index in [0.717, 1.165) is 22.0 Å². The molecule has 1 unspecified atom stereocenters. The fourth-order valence-corrected chi connectivity index (χ4v) is 3.24. The van der Waals surface area contributed by atoms with Crippen molar-refractivity contribution in [2.75, 3.05) is 24.4 Å². The number of rotatable bonds is 0. The van der Waals surface area contributed by atoms with E-state index in [2.05, 4.69) is 10.3 Å². The molecule has 0 fully saturated rings. The maximum atomic E-state index is 11.6. The van der Waals surface area contributed by atoms with E-state index in [1.54, 1.807) is 22.9 Å². The number of amides is 1. The van der Waals surface area contributed by atoms with Crippen LogP contribution in [0.3, 0.4) is 0 Å². The molecule has 0 saturated heterocycles. The summed E-state index contributed by atoms with van der Waals surface area (Å²) in [5, 5.41) is 4.32. The number of nitrogens with zero attached hydrogens (tertiary/aromatic N) is 2. The molecular formula is C10H11N3O2S. The van der Waals surface area contributed by atoms with Crippen molar-refractivity contribution < 1.29 is 9.53 Å². The van der Waals surface area contributed by atoms with Gasteiger partial charge in [-0.1, -0.05) is 0 Å². The average Bonchev–Trinajstić information content (AvgIpc) is 2.74. The van der Waals surface area contributed by atoms with Gasteiger partial charge in [0.05, 0.1) is 19.5 Å². The Kier molecular flexibility index (Phi) is 2.26. The first-order valence-corrected chi connectivity index (χ1v) is 6.00. The second kappa shape index (κ2) is 3.64. The second-order valence-electron chi connectivity index (χ2n) is 3.67. The number of carbonyl (C=O) groups excluding carboxylic acids is 1. The van der Waals surface area contributed by atoms with Crippen LogP contribution >= 0.6 is 11.8 Å². The largest absolute Gasteiger partial charge is 0.452 e. The molecule has 84 valence electrons. The third-order valence-corrected chi connectivity index (χ3v) is 3.95. The van der Waals surface area contributed by atoms with Crippen molar-refractivity contribution in [1.29, 1.82) is 0 Å². The Morgan fingerprint density at radius 3 is 3.44 bits per heavy atom. The minimum atomic E-state index is -0.337. The lowest BCUT2D eigenvalue weighted by Crippen LogP contribution is -2.45. The number of aromatic nitrogens is 1. The van der Waals surface area contributed by atoms with Gasteiger partial charge in [-0.05, 0) is 6.07 Å². The van der Waals surface area contributed by atoms with Gasteiger partial charge >= 0.3 is 6.09 Å². The molecule has 1 atom stereocenters. The first-order chi connectivity index (χ1) is 7.81. The molecule has 1 aromatic heterocycles. The summed E-state index contributed by atoms with van der Waals surface area (Å²) in [6.45, 7) is 0.494. The van der Waals surface area contributed by atoms with E-state index in [4.69, 9.17) is 4.74 Å². The highest BCUT2D eigenvalue weighted by atomic mass is 32.2. The maximum absolute atomic E-state index is 11.6. The highest BCUT2D eigenvalue weighted by Gasteiger charge is 2.35. The van der Waals surface area contributed by atoms with Crippen LogP contribution in [0, 0.1) is 0 Å². The van der Waals surface area contributed by atoms with Crippen LogP contribution in [0.2, 0.25) is 0 Å². The van der Waals surface area contributed by atoms with Crippen LogP contribution < -0.4 is 10.2 Å². The van der Waals surface area contributed by atoms with Crippen molar-refractivity contribution in [2.45, 2.75) is 11.1 Å². The monoisotopic (exact) mass is 237 g/mol. The summed E-state index contributed by atoms with van der Waals surface area (Å²) in [4.78, 5) is 17.5. The molecule has 0 aliphatic carbocycles. The number of ether oxygens (including phenoxy) is 1. The Hall–Kier alpha value is -1.27. The highest BCUT2D eigenvalue weighted by Crippen LogP contribution is 2.43. The summed E-state index contributed by atoms with van der Waals surface area (Å²) in [5.74, 6) is 0.981. The number of hydrogen-bond acceptors (Lipinski definition) is 5. The lowest BCUT2D eigenvalue weighted by atomic mass is 10.1. The van der Waals surface area contributed by atoms with Crippen LogP contribution in [-0.4, -0.2) is 30.6 Å². The van der Waals surface area contributed by atoms with Crippen molar-refractivity contribution in [3.05, 3.63) is 17.8 Å². The molecule has 1 N–H and O–H groups in total. The predicted molar refractivity (Wildman–Crippen MR) is 60.6 cm³/mol. The average molecular weight is 237 g/mol. The molecule has 0 bridgehead atoms. The van der Waals surface area contributed by atoms with Gasteiger partial charge in [-0.15, -0.1) is 11.8 Å². The Morgan fingerprint density at radius 1 is 1.75 bits per heavy atom. The first kappa shape index (κ1) is 9.92. The molecule has 0 aromatic carbocycles. The van der Waals surface area contributed by atoms with E-state index < -0.39 is 0 Å². The number of anilines is 1. The minimum Gasteiger partial charge on any atom is -0.452 e. The zero-order valence-electron chi connectivity index (χ0n) is 8.77. The number of pyridine rings is 1. The molecule has 16 heavy (non-hydrogen) atoms. The molecular weight excluding hydrogens is 226 g/mol. The summed E-state index contributed by atoms with van der Waals surface area (Å²) in [5.41, 5.74) is 2.05. The normalized spacial score (nSPS) is 21.8. The van der Waals surface area contributed by atoms with E-state index >= 15 is 0 Å². The van der Waals surface area contributed by atoms with Gasteiger partial charge in [0.2, 0.25) is 0 Å². The number of nitrogens with one attached hydrogen (secondary N) is 1. The second-order valence-corrected chi connectivity index (χ2v) is 4.68. The zero-order valence-corrected chi connectivity index (χ0v) is 9.58. The lowest BCUT2D eigenvalue weighted by Gasteiger charge is -2.31. The van der Waals surface area contributed by atoms with Crippen LogP contribution in [-0.2, 0) is 4.74 Å². The van der Waals surface area contributed by atoms with Crippen LogP contribution in [0.5, 0.6) is 0 Å². The summed E-state index contributed by atoms with van der Waals surface area (Å²) in [6.07, 6.45) is 1.40. The minimum absolute atomic E-state index is 0.310. The molecule has 0 spiro atoms. The SMILES string of the molecule is COC(=O)N1CNC2CSc3nccc1c32. The van der Waals surface area contributed by atoms with Gasteiger partial charge in [-0.3, -0.25) is 10.2 Å². The number of thioether (sulfide) groups is 1. The topological polar surface area (TPSA) is 54.5 Å². The molecule has 3 rings (SSSR count). The van der Waals surface area contributed by atoms with Crippen molar-refractivity contribution >= 4 is 23.5 Å². The lowest BCUT2D eigenvalue weighted by molar-refractivity contribution is 0.177. The zero-order chi connectivity index (χ0) is 11.1. The molecule has 1 aromatic rings. The molecule has 0 saturated carbocycles. The Bertz CT molecular complexity index is 452. The quantitative estimate of drug-likeness (QED) is 0.738. The Morgan fingerprint density at radius 2 is 2.62 bits per heavy atom. The third kappa shape index (κ3) is 1.30. The highest BCUT2D eigenvalue weighted by molar-refractivity contribution is 7.99. The molecule has 2 aliphatic rings. The standard InChI is InChI=1S/C10H11N3O2S/c1-15-10(14)13-5-12-6-4-16-9-8(6)7(13)2-3-11-9/h2-3,6,12H,4-5H2,1H3. The van der Waals surface area contributed by atoms with Gasteiger partial charge in [0, 0.05) is 23.6 Å². The smallest absolute Gasteiger partial charge is 0.415 e. The van der Waals surface area contributed by atoms with E-state index in [1.807, 2.05) is 6.07 Å². The number of methoxy groups -OCH3 is 1. The van der Waals surface area contributed by atoms with E-state index in [1.165, 1.54) is 7.11 Å². The molecule has 6 heteroatoms. The maximum Gasteiger partial charge on any atom is 0.415 e. The van der Waals surface area contributed by atoms with Crippen molar-refractivity contribution in [1.82, 2.24) is 10.3 Å². The van der Waals surface area contributed by atoms with Gasteiger partial charge < -0.3 is 4.74 Å². The van der Waals surface area contributed by atoms with Gasteiger partial charge in [-0.25, -0.2) is 9.78 Å². The fraction of sp³-hybridized carbons (Fsp3) is 0.400. The van der Waals surface area contributed by atoms with Gasteiger partial charge in [0.1, 0.15) is 5.03 Å². The fourth-order valence-electron chi connectivity index (χ4n) is 2.09. The summed E-state index contributed by atoms with van der Waals surface area (Å²) in [6, 6.07) is 2.18. The van der Waals surface area contributed by atoms with E-state index in [-0.39, 0.29) is 6.09 Å². The number of carbonyl (C=O) groups is 1. The van der Waals surface area contributed by atoms with Crippen LogP contribution in [0.15, 0.2) is 17.3 Å². The van der Waals surface area contributed by atoms with Crippen molar-refractivity contribution in [2.24, 2.45) is 0 Å². The third-order valence-electron chi connectivity index (χ3n) is 2.85. The molecule has 2 aliphatic heterocycles. The Balaban J connectivity index is 2.09. The molecule has 0 radical (unpaired) electrons. The van der Waals surface area contributed by atoms with Gasteiger partial charge in [-0.2, -0.15) is 0 Å². The summed E-state index contributed by atoms with van der Waals surface area (Å²) >= 11 is 1.72. The van der Waals surface area contributed by atoms with Gasteiger partial charge in [0.15, 0.2) is 0 Å². The summed E-state index contributed by atoms with van der Waals surface area (Å²) in [7, 11) is 1.39. The van der Waals surface area contributed by atoms with Crippen LogP contribution in [0.4, 0.5) is 10.5 Å². The molecule has 3 heterocycles. The number of hydrogen-bond donors (Lipinski definition) is 1. The first-order valence-electron chi connectivity index (χ1n) is 5.02. The van der Waals surface area contributed by atoms with E-state index in [0.29, 0.717) is 12.7 Å². The van der Waals surface area contributed by atoms with Crippen LogP contribution in [0.25, 0.3) is 0 Å². The summed E-state index contributed by atoms with van der Waals surface area (Å²) < 4.78 is 4.76. The molecule has 1 amide bonds. The van der Waals surface area contributed by atoms with E-state index in [9.17, 15) is 4.79 Å². The van der Waals surface area contributed by atoms with Crippen molar-refractivity contribution in [3.63, 3.8) is 0 Å². The van der Waals surface area contributed by atoms with Crippen molar-refractivity contribution in [3.8, 4) is 0 Å². The predicted octanol–water partition coefficient (Wildman–Crippen LogP) is 1.36. The molecule has 5 nitrogen and oxygen atoms in total.